The molecule has 1 saturated heterocycles. The second-order valence-electron chi connectivity index (χ2n) is 5.90. The predicted octanol–water partition coefficient (Wildman–Crippen LogP) is 1.81. The van der Waals surface area contributed by atoms with Gasteiger partial charge in [-0.15, -0.1) is 0 Å². The van der Waals surface area contributed by atoms with Gasteiger partial charge in [0.05, 0.1) is 24.5 Å². The van der Waals surface area contributed by atoms with E-state index in [4.69, 9.17) is 0 Å². The van der Waals surface area contributed by atoms with Crippen molar-refractivity contribution < 1.29 is 14.0 Å². The topological polar surface area (TPSA) is 67.2 Å². The Morgan fingerprint density at radius 2 is 2.12 bits per heavy atom. The molecule has 1 aliphatic heterocycles. The molecule has 0 unspecified atom stereocenters. The van der Waals surface area contributed by atoms with Crippen molar-refractivity contribution in [2.45, 2.75) is 25.8 Å². The molecule has 0 radical (unpaired) electrons. The zero-order valence-electron chi connectivity index (χ0n) is 13.4. The van der Waals surface area contributed by atoms with Crippen molar-refractivity contribution in [3.8, 4) is 5.69 Å². The summed E-state index contributed by atoms with van der Waals surface area (Å²) >= 11 is 0. The number of benzene rings is 1. The van der Waals surface area contributed by atoms with Gasteiger partial charge in [-0.05, 0) is 37.6 Å². The Morgan fingerprint density at radius 3 is 2.79 bits per heavy atom. The van der Waals surface area contributed by atoms with E-state index in [0.29, 0.717) is 13.0 Å². The van der Waals surface area contributed by atoms with Crippen LogP contribution in [0.3, 0.4) is 0 Å². The highest BCUT2D eigenvalue weighted by molar-refractivity contribution is 5.86. The van der Waals surface area contributed by atoms with Gasteiger partial charge < -0.3 is 10.2 Å². The van der Waals surface area contributed by atoms with Gasteiger partial charge in [0.2, 0.25) is 11.8 Å². The normalized spacial score (nSPS) is 15.6. The first kappa shape index (κ1) is 16.2. The SMILES string of the molecule is C[C@H](NC(=O)CN1CCCC1=O)c1cnn(-c2ccc(F)cc2)c1. The average Bonchev–Trinajstić information content (AvgIpc) is 3.18. The van der Waals surface area contributed by atoms with Crippen molar-refractivity contribution in [2.24, 2.45) is 0 Å². The Labute approximate surface area is 139 Å². The molecule has 6 nitrogen and oxygen atoms in total. The van der Waals surface area contributed by atoms with Gasteiger partial charge in [-0.3, -0.25) is 9.59 Å². The summed E-state index contributed by atoms with van der Waals surface area (Å²) in [6, 6.07) is 5.77. The first-order valence-electron chi connectivity index (χ1n) is 7.90. The minimum Gasteiger partial charge on any atom is -0.348 e. The lowest BCUT2D eigenvalue weighted by Crippen LogP contribution is -2.38. The van der Waals surface area contributed by atoms with E-state index in [0.717, 1.165) is 17.7 Å². The molecule has 2 heterocycles. The number of hydrogen-bond donors (Lipinski definition) is 1. The minimum atomic E-state index is -0.303. The second-order valence-corrected chi connectivity index (χ2v) is 5.90. The van der Waals surface area contributed by atoms with Gasteiger partial charge in [0, 0.05) is 24.7 Å². The third-order valence-electron chi connectivity index (χ3n) is 4.08. The molecule has 1 aliphatic rings. The number of carbonyl (C=O) groups is 2. The Hall–Kier alpha value is -2.70. The van der Waals surface area contributed by atoms with Crippen LogP contribution in [-0.4, -0.2) is 39.6 Å². The van der Waals surface area contributed by atoms with E-state index in [1.165, 1.54) is 12.1 Å². The van der Waals surface area contributed by atoms with Crippen LogP contribution in [0.5, 0.6) is 0 Å². The first-order chi connectivity index (χ1) is 11.5. The number of amides is 2. The highest BCUT2D eigenvalue weighted by atomic mass is 19.1. The molecule has 126 valence electrons. The lowest BCUT2D eigenvalue weighted by atomic mass is 10.2. The van der Waals surface area contributed by atoms with E-state index >= 15 is 0 Å². The summed E-state index contributed by atoms with van der Waals surface area (Å²) < 4.78 is 14.6. The van der Waals surface area contributed by atoms with E-state index in [1.54, 1.807) is 34.1 Å². The summed E-state index contributed by atoms with van der Waals surface area (Å²) in [5.74, 6) is -0.461. The van der Waals surface area contributed by atoms with Gasteiger partial charge in [-0.1, -0.05) is 0 Å². The third-order valence-corrected chi connectivity index (χ3v) is 4.08. The van der Waals surface area contributed by atoms with Crippen molar-refractivity contribution in [2.75, 3.05) is 13.1 Å². The number of halogens is 1. The van der Waals surface area contributed by atoms with E-state index in [1.807, 2.05) is 6.92 Å². The lowest BCUT2D eigenvalue weighted by molar-refractivity contribution is -0.133. The molecule has 3 rings (SSSR count). The zero-order chi connectivity index (χ0) is 17.1. The van der Waals surface area contributed by atoms with Crippen LogP contribution >= 0.6 is 0 Å². The summed E-state index contributed by atoms with van der Waals surface area (Å²) in [6.07, 6.45) is 4.79. The fourth-order valence-electron chi connectivity index (χ4n) is 2.71. The highest BCUT2D eigenvalue weighted by Crippen LogP contribution is 2.15. The van der Waals surface area contributed by atoms with Crippen LogP contribution in [-0.2, 0) is 9.59 Å². The van der Waals surface area contributed by atoms with E-state index < -0.39 is 0 Å². The maximum atomic E-state index is 13.0. The van der Waals surface area contributed by atoms with Crippen LogP contribution in [0, 0.1) is 5.82 Å². The summed E-state index contributed by atoms with van der Waals surface area (Å²) in [7, 11) is 0. The number of likely N-dealkylation sites (tertiary alicyclic amines) is 1. The second kappa shape index (κ2) is 6.82. The zero-order valence-corrected chi connectivity index (χ0v) is 13.4. The van der Waals surface area contributed by atoms with Crippen LogP contribution in [0.4, 0.5) is 4.39 Å². The van der Waals surface area contributed by atoms with Gasteiger partial charge in [0.25, 0.3) is 0 Å². The van der Waals surface area contributed by atoms with E-state index in [2.05, 4.69) is 10.4 Å². The van der Waals surface area contributed by atoms with Crippen LogP contribution in [0.1, 0.15) is 31.4 Å². The molecule has 1 fully saturated rings. The average molecular weight is 330 g/mol. The molecular weight excluding hydrogens is 311 g/mol. The number of nitrogens with zero attached hydrogens (tertiary/aromatic N) is 3. The van der Waals surface area contributed by atoms with Crippen LogP contribution in [0.15, 0.2) is 36.7 Å². The summed E-state index contributed by atoms with van der Waals surface area (Å²) in [6.45, 7) is 2.59. The Bertz CT molecular complexity index is 741. The standard InChI is InChI=1S/C17H19FN4O2/c1-12(20-16(23)11-21-8-2-3-17(21)24)13-9-19-22(10-13)15-6-4-14(18)5-7-15/h4-7,9-10,12H,2-3,8,11H2,1H3,(H,20,23)/t12-/m0/s1. The molecule has 1 atom stereocenters. The molecule has 24 heavy (non-hydrogen) atoms. The molecule has 1 aromatic heterocycles. The summed E-state index contributed by atoms with van der Waals surface area (Å²) in [5.41, 5.74) is 1.57. The van der Waals surface area contributed by atoms with E-state index in [-0.39, 0.29) is 30.2 Å². The Kier molecular flexibility index (Phi) is 4.59. The van der Waals surface area contributed by atoms with E-state index in [9.17, 15) is 14.0 Å². The van der Waals surface area contributed by atoms with Gasteiger partial charge in [0.15, 0.2) is 0 Å². The van der Waals surface area contributed by atoms with Gasteiger partial charge >= 0.3 is 0 Å². The molecule has 2 amide bonds. The maximum absolute atomic E-state index is 13.0. The summed E-state index contributed by atoms with van der Waals surface area (Å²) in [5, 5.41) is 7.11. The molecule has 0 saturated carbocycles. The van der Waals surface area contributed by atoms with Gasteiger partial charge in [-0.25, -0.2) is 9.07 Å². The molecule has 1 aromatic carbocycles. The van der Waals surface area contributed by atoms with Crippen LogP contribution in [0.25, 0.3) is 5.69 Å². The van der Waals surface area contributed by atoms with Gasteiger partial charge in [-0.2, -0.15) is 5.10 Å². The monoisotopic (exact) mass is 330 g/mol. The number of aromatic nitrogens is 2. The fourth-order valence-corrected chi connectivity index (χ4v) is 2.71. The number of nitrogens with one attached hydrogen (secondary N) is 1. The van der Waals surface area contributed by atoms with Crippen molar-refractivity contribution >= 4 is 11.8 Å². The number of carbonyl (C=O) groups excluding carboxylic acids is 2. The molecule has 1 N–H and O–H groups in total. The van der Waals surface area contributed by atoms with Crippen molar-refractivity contribution in [3.63, 3.8) is 0 Å². The maximum Gasteiger partial charge on any atom is 0.240 e. The highest BCUT2D eigenvalue weighted by Gasteiger charge is 2.23. The number of rotatable bonds is 5. The van der Waals surface area contributed by atoms with Crippen LogP contribution < -0.4 is 5.32 Å². The fraction of sp³-hybridized carbons (Fsp3) is 0.353. The van der Waals surface area contributed by atoms with Crippen molar-refractivity contribution in [3.05, 3.63) is 48.0 Å². The molecular formula is C17H19FN4O2. The van der Waals surface area contributed by atoms with Crippen LogP contribution in [0.2, 0.25) is 0 Å². The molecule has 0 spiro atoms. The molecule has 2 aromatic rings. The third kappa shape index (κ3) is 3.61. The minimum absolute atomic E-state index is 0.0296. The van der Waals surface area contributed by atoms with Crippen molar-refractivity contribution in [1.29, 1.82) is 0 Å². The Balaban J connectivity index is 1.61. The quantitative estimate of drug-likeness (QED) is 0.909. The summed E-state index contributed by atoms with van der Waals surface area (Å²) in [4.78, 5) is 25.2. The lowest BCUT2D eigenvalue weighted by Gasteiger charge is -2.17. The molecule has 0 bridgehead atoms. The van der Waals surface area contributed by atoms with Crippen molar-refractivity contribution in [1.82, 2.24) is 20.0 Å². The first-order valence-corrected chi connectivity index (χ1v) is 7.90. The Morgan fingerprint density at radius 1 is 1.38 bits per heavy atom. The molecule has 0 aliphatic carbocycles. The predicted molar refractivity (Wildman–Crippen MR) is 85.9 cm³/mol. The number of hydrogen-bond acceptors (Lipinski definition) is 3. The smallest absolute Gasteiger partial charge is 0.240 e. The largest absolute Gasteiger partial charge is 0.348 e. The molecule has 7 heteroatoms. The van der Waals surface area contributed by atoms with Gasteiger partial charge in [0.1, 0.15) is 5.82 Å².